The summed E-state index contributed by atoms with van der Waals surface area (Å²) in [5, 5.41) is 48.0. The molecule has 10 heteroatoms. The zero-order chi connectivity index (χ0) is 27.4. The number of aromatic hydroxyl groups is 1. The number of benzene rings is 1. The summed E-state index contributed by atoms with van der Waals surface area (Å²) in [6, 6.07) is 0.266. The summed E-state index contributed by atoms with van der Waals surface area (Å²) in [6.45, 7) is 6.65. The average Bonchev–Trinajstić information content (AvgIpc) is 2.81. The fraction of sp³-hybridized carbons (Fsp3) is 0.481. The molecule has 3 aliphatic rings. The van der Waals surface area contributed by atoms with E-state index < -0.39 is 58.1 Å². The minimum Gasteiger partial charge on any atom is -0.510 e. The second kappa shape index (κ2) is 9.59. The molecule has 0 unspecified atom stereocenters. The lowest BCUT2D eigenvalue weighted by molar-refractivity contribution is -0.115. The van der Waals surface area contributed by atoms with Gasteiger partial charge in [0.25, 0.3) is 5.91 Å². The molecule has 0 spiro atoms. The highest BCUT2D eigenvalue weighted by atomic mass is 19.1. The van der Waals surface area contributed by atoms with Gasteiger partial charge in [0.05, 0.1) is 17.2 Å². The summed E-state index contributed by atoms with van der Waals surface area (Å²) < 4.78 is 15.6. The molecule has 0 bridgehead atoms. The Kier molecular flexibility index (Phi) is 6.96. The largest absolute Gasteiger partial charge is 0.510 e. The number of ketones is 1. The first-order valence-electron chi connectivity index (χ1n) is 12.4. The number of carbonyl (C=O) groups excluding carboxylic acids is 2. The number of rotatable bonds is 7. The van der Waals surface area contributed by atoms with Gasteiger partial charge in [0, 0.05) is 34.7 Å². The third-order valence-electron chi connectivity index (χ3n) is 7.94. The van der Waals surface area contributed by atoms with Crippen molar-refractivity contribution in [3.63, 3.8) is 0 Å². The van der Waals surface area contributed by atoms with E-state index in [2.05, 4.69) is 11.9 Å². The van der Waals surface area contributed by atoms with Crippen LogP contribution in [0.25, 0.3) is 0 Å². The highest BCUT2D eigenvalue weighted by Gasteiger charge is 2.60. The summed E-state index contributed by atoms with van der Waals surface area (Å²) >= 11 is 0. The molecule has 1 aromatic carbocycles. The van der Waals surface area contributed by atoms with E-state index in [0.29, 0.717) is 6.54 Å². The second-order valence-electron chi connectivity index (χ2n) is 10.4. The molecule has 0 radical (unpaired) electrons. The van der Waals surface area contributed by atoms with E-state index in [9.17, 15) is 30.0 Å². The number of nitrogens with zero attached hydrogens (tertiary/aromatic N) is 1. The number of aliphatic hydroxyl groups is 3. The molecule has 0 heterocycles. The Morgan fingerprint density at radius 1 is 1.32 bits per heavy atom. The summed E-state index contributed by atoms with van der Waals surface area (Å²) in [4.78, 5) is 27.3. The average molecular weight is 516 g/mol. The molecule has 4 rings (SSSR count). The van der Waals surface area contributed by atoms with E-state index in [1.807, 2.05) is 6.92 Å². The Morgan fingerprint density at radius 3 is 2.59 bits per heavy atom. The molecule has 3 aliphatic carbocycles. The van der Waals surface area contributed by atoms with Gasteiger partial charge in [0.15, 0.2) is 11.4 Å². The first-order valence-corrected chi connectivity index (χ1v) is 12.4. The minimum absolute atomic E-state index is 0.00494. The molecular formula is C27H34FN3O6. The van der Waals surface area contributed by atoms with Crippen molar-refractivity contribution in [2.75, 3.05) is 20.6 Å². The lowest BCUT2D eigenvalue weighted by Crippen LogP contribution is -2.60. The fourth-order valence-corrected chi connectivity index (χ4v) is 6.17. The van der Waals surface area contributed by atoms with Gasteiger partial charge in [-0.15, -0.1) is 0 Å². The molecule has 7 N–H and O–H groups in total. The van der Waals surface area contributed by atoms with Crippen LogP contribution in [-0.4, -0.2) is 69.3 Å². The van der Waals surface area contributed by atoms with Crippen LogP contribution >= 0.6 is 0 Å². The maximum atomic E-state index is 15.6. The first kappa shape index (κ1) is 26.8. The van der Waals surface area contributed by atoms with Crippen molar-refractivity contribution in [2.45, 2.75) is 50.8 Å². The standard InChI is InChI=1S/C27H34FN3O6/c1-5-6-7-30-11-14-10-17(32)20-15(21(14)28)8-13-9-16-22(31(3)4)24(34)18(26(29)36)12(2)27(16,37)25(35)19(13)23(20)33/h10,13,16,22,30,32,34-35,37H,2,5-9,11H2,1,3-4H3,(H2,29,36)/t13-,16-,22-,27-/m0/s1. The van der Waals surface area contributed by atoms with Crippen molar-refractivity contribution in [1.82, 2.24) is 10.2 Å². The first-order chi connectivity index (χ1) is 17.4. The summed E-state index contributed by atoms with van der Waals surface area (Å²) in [6.07, 6.45) is 1.94. The smallest absolute Gasteiger partial charge is 0.252 e. The lowest BCUT2D eigenvalue weighted by Gasteiger charge is -2.52. The Bertz CT molecular complexity index is 1250. The zero-order valence-corrected chi connectivity index (χ0v) is 21.3. The summed E-state index contributed by atoms with van der Waals surface area (Å²) in [5.41, 5.74) is 2.32. The van der Waals surface area contributed by atoms with E-state index >= 15 is 4.39 Å². The number of hydrogen-bond acceptors (Lipinski definition) is 8. The van der Waals surface area contributed by atoms with E-state index in [4.69, 9.17) is 5.73 Å². The number of amides is 1. The second-order valence-corrected chi connectivity index (χ2v) is 10.4. The van der Waals surface area contributed by atoms with E-state index in [-0.39, 0.29) is 53.0 Å². The highest BCUT2D eigenvalue weighted by Crippen LogP contribution is 2.55. The van der Waals surface area contributed by atoms with Gasteiger partial charge in [0.1, 0.15) is 23.1 Å². The Morgan fingerprint density at radius 2 is 2.00 bits per heavy atom. The molecule has 0 saturated carbocycles. The van der Waals surface area contributed by atoms with Crippen molar-refractivity contribution < 1.29 is 34.4 Å². The van der Waals surface area contributed by atoms with Gasteiger partial charge >= 0.3 is 0 Å². The molecule has 0 saturated heterocycles. The number of unbranched alkanes of at least 4 members (excludes halogenated alkanes) is 1. The number of phenolic OH excluding ortho intramolecular Hbond substituents is 1. The van der Waals surface area contributed by atoms with E-state index in [1.54, 1.807) is 19.0 Å². The van der Waals surface area contributed by atoms with Crippen LogP contribution in [0.4, 0.5) is 4.39 Å². The van der Waals surface area contributed by atoms with Crippen LogP contribution in [-0.2, 0) is 17.8 Å². The Hall–Kier alpha value is -3.21. The van der Waals surface area contributed by atoms with Crippen molar-refractivity contribution in [3.8, 4) is 5.75 Å². The van der Waals surface area contributed by atoms with Crippen LogP contribution in [0.5, 0.6) is 5.75 Å². The maximum absolute atomic E-state index is 15.6. The third-order valence-corrected chi connectivity index (χ3v) is 7.94. The number of Topliss-reactive ketones (excluding diaryl/α,β-unsaturated/α-hetero) is 1. The predicted molar refractivity (Wildman–Crippen MR) is 134 cm³/mol. The summed E-state index contributed by atoms with van der Waals surface area (Å²) in [5.74, 6) is -5.59. The molecular weight excluding hydrogens is 481 g/mol. The number of aliphatic hydroxyl groups excluding tert-OH is 2. The number of fused-ring (bicyclic) bond motifs is 3. The van der Waals surface area contributed by atoms with Gasteiger partial charge in [-0.2, -0.15) is 0 Å². The maximum Gasteiger partial charge on any atom is 0.252 e. The number of likely N-dealkylation sites (N-methyl/N-ethyl adjacent to an activating group) is 1. The molecule has 1 amide bonds. The molecule has 0 aliphatic heterocycles. The molecule has 1 aromatic rings. The number of primary amides is 1. The van der Waals surface area contributed by atoms with Crippen LogP contribution in [0.1, 0.15) is 47.7 Å². The highest BCUT2D eigenvalue weighted by molar-refractivity contribution is 6.13. The van der Waals surface area contributed by atoms with Crippen molar-refractivity contribution in [2.24, 2.45) is 17.6 Å². The Balaban J connectivity index is 1.84. The van der Waals surface area contributed by atoms with Gasteiger partial charge in [-0.1, -0.05) is 19.9 Å². The number of hydrogen-bond donors (Lipinski definition) is 6. The Labute approximate surface area is 214 Å². The minimum atomic E-state index is -2.28. The molecule has 0 aromatic heterocycles. The van der Waals surface area contributed by atoms with Gasteiger partial charge in [-0.05, 0) is 51.9 Å². The topological polar surface area (TPSA) is 156 Å². The summed E-state index contributed by atoms with van der Waals surface area (Å²) in [7, 11) is 3.25. The SMILES string of the molecule is C=C1C(C(N)=O)=C(O)[C@@H](N(C)C)[C@@H]2C[C@@H]3Cc4c(F)c(CNCCCC)cc(O)c4C(=O)C3=C(O)[C@]12O. The quantitative estimate of drug-likeness (QED) is 0.302. The normalized spacial score (nSPS) is 27.4. The zero-order valence-electron chi connectivity index (χ0n) is 21.3. The van der Waals surface area contributed by atoms with Crippen molar-refractivity contribution in [3.05, 3.63) is 63.4 Å². The monoisotopic (exact) mass is 515 g/mol. The van der Waals surface area contributed by atoms with Gasteiger partial charge < -0.3 is 31.5 Å². The molecule has 9 nitrogen and oxygen atoms in total. The molecule has 37 heavy (non-hydrogen) atoms. The van der Waals surface area contributed by atoms with Gasteiger partial charge in [0.2, 0.25) is 0 Å². The van der Waals surface area contributed by atoms with Crippen LogP contribution in [0, 0.1) is 17.7 Å². The third kappa shape index (κ3) is 3.94. The van der Waals surface area contributed by atoms with E-state index in [1.165, 1.54) is 6.07 Å². The number of allylic oxidation sites excluding steroid dienone is 1. The van der Waals surface area contributed by atoms with Crippen LogP contribution in [0.15, 0.2) is 40.9 Å². The molecule has 0 fully saturated rings. The van der Waals surface area contributed by atoms with Crippen LogP contribution in [0.2, 0.25) is 0 Å². The number of nitrogens with one attached hydrogen (secondary N) is 1. The molecule has 200 valence electrons. The predicted octanol–water partition coefficient (Wildman–Crippen LogP) is 2.14. The van der Waals surface area contributed by atoms with Gasteiger partial charge in [-0.3, -0.25) is 14.5 Å². The number of nitrogens with two attached hydrogens (primary N) is 1. The van der Waals surface area contributed by atoms with Crippen LogP contribution in [0.3, 0.4) is 0 Å². The fourth-order valence-electron chi connectivity index (χ4n) is 6.17. The van der Waals surface area contributed by atoms with Crippen molar-refractivity contribution in [1.29, 1.82) is 0 Å². The van der Waals surface area contributed by atoms with Crippen LogP contribution < -0.4 is 11.1 Å². The number of halogens is 1. The van der Waals surface area contributed by atoms with Gasteiger partial charge in [-0.25, -0.2) is 4.39 Å². The number of carbonyl (C=O) groups is 2. The van der Waals surface area contributed by atoms with E-state index in [0.717, 1.165) is 12.8 Å². The van der Waals surface area contributed by atoms with Crippen molar-refractivity contribution >= 4 is 11.7 Å². The lowest BCUT2D eigenvalue weighted by atomic mass is 9.57. The molecule has 4 atom stereocenters. The number of phenols is 1.